The van der Waals surface area contributed by atoms with Crippen LogP contribution in [0.5, 0.6) is 5.75 Å². The highest BCUT2D eigenvalue weighted by molar-refractivity contribution is 14.1. The van der Waals surface area contributed by atoms with Crippen molar-refractivity contribution in [3.05, 3.63) is 57.7 Å². The number of β-lactam (4-membered cyclic amide) rings is 1. The monoisotopic (exact) mass is 365 g/mol. The van der Waals surface area contributed by atoms with Crippen LogP contribution < -0.4 is 4.90 Å². The lowest BCUT2D eigenvalue weighted by Crippen LogP contribution is -2.46. The molecule has 19 heavy (non-hydrogen) atoms. The van der Waals surface area contributed by atoms with Crippen LogP contribution in [-0.2, 0) is 4.79 Å². The topological polar surface area (TPSA) is 40.5 Å². The Hall–Kier alpha value is -1.56. The lowest BCUT2D eigenvalue weighted by atomic mass is 9.93. The van der Waals surface area contributed by atoms with Crippen molar-refractivity contribution in [2.75, 3.05) is 4.90 Å². The Morgan fingerprint density at radius 2 is 1.68 bits per heavy atom. The number of hydrogen-bond acceptors (Lipinski definition) is 2. The molecule has 0 spiro atoms. The van der Waals surface area contributed by atoms with Crippen LogP contribution in [0.1, 0.15) is 18.0 Å². The van der Waals surface area contributed by atoms with Crippen molar-refractivity contribution in [3.63, 3.8) is 0 Å². The van der Waals surface area contributed by atoms with Gasteiger partial charge < -0.3 is 10.0 Å². The molecular formula is C15H12INO2. The van der Waals surface area contributed by atoms with E-state index in [4.69, 9.17) is 0 Å². The minimum atomic E-state index is 0.0770. The average Bonchev–Trinajstić information content (AvgIpc) is 2.40. The molecule has 1 heterocycles. The summed E-state index contributed by atoms with van der Waals surface area (Å²) in [5, 5.41) is 9.31. The van der Waals surface area contributed by atoms with E-state index in [1.54, 1.807) is 12.1 Å². The maximum Gasteiger partial charge on any atom is 0.230 e. The quantitative estimate of drug-likeness (QED) is 0.654. The molecule has 1 atom stereocenters. The van der Waals surface area contributed by atoms with Crippen molar-refractivity contribution in [2.24, 2.45) is 0 Å². The number of aromatic hydroxyl groups is 1. The number of carbonyl (C=O) groups is 1. The van der Waals surface area contributed by atoms with Crippen LogP contribution in [0.2, 0.25) is 0 Å². The van der Waals surface area contributed by atoms with Crippen molar-refractivity contribution in [2.45, 2.75) is 12.5 Å². The Kier molecular flexibility index (Phi) is 3.18. The number of rotatable bonds is 2. The average molecular weight is 365 g/mol. The molecule has 3 nitrogen and oxygen atoms in total. The van der Waals surface area contributed by atoms with Crippen LogP contribution in [0.3, 0.4) is 0 Å². The Bertz CT molecular complexity index is 607. The number of phenolic OH excluding ortho intramolecular Hbond substituents is 1. The minimum Gasteiger partial charge on any atom is -0.508 e. The summed E-state index contributed by atoms with van der Waals surface area (Å²) in [6.45, 7) is 0. The van der Waals surface area contributed by atoms with E-state index in [1.807, 2.05) is 41.3 Å². The molecule has 0 aliphatic carbocycles. The van der Waals surface area contributed by atoms with Crippen LogP contribution in [0.25, 0.3) is 0 Å². The Morgan fingerprint density at radius 3 is 2.26 bits per heavy atom. The van der Waals surface area contributed by atoms with Gasteiger partial charge in [-0.05, 0) is 64.6 Å². The summed E-state index contributed by atoms with van der Waals surface area (Å²) in [5.41, 5.74) is 1.98. The molecule has 96 valence electrons. The molecule has 2 aromatic rings. The first-order valence-electron chi connectivity index (χ1n) is 6.02. The van der Waals surface area contributed by atoms with Crippen LogP contribution in [0.15, 0.2) is 48.5 Å². The first kappa shape index (κ1) is 12.5. The van der Waals surface area contributed by atoms with Gasteiger partial charge >= 0.3 is 0 Å². The predicted molar refractivity (Wildman–Crippen MR) is 82.1 cm³/mol. The zero-order valence-electron chi connectivity index (χ0n) is 10.1. The zero-order valence-corrected chi connectivity index (χ0v) is 12.2. The van der Waals surface area contributed by atoms with Gasteiger partial charge in [-0.1, -0.05) is 12.1 Å². The fourth-order valence-electron chi connectivity index (χ4n) is 2.31. The van der Waals surface area contributed by atoms with Gasteiger partial charge in [-0.2, -0.15) is 0 Å². The van der Waals surface area contributed by atoms with E-state index in [0.717, 1.165) is 14.8 Å². The van der Waals surface area contributed by atoms with E-state index in [0.29, 0.717) is 6.42 Å². The Morgan fingerprint density at radius 1 is 1.05 bits per heavy atom. The summed E-state index contributed by atoms with van der Waals surface area (Å²) >= 11 is 2.24. The molecule has 0 saturated carbocycles. The Balaban J connectivity index is 1.90. The lowest BCUT2D eigenvalue weighted by molar-refractivity contribution is -0.124. The predicted octanol–water partition coefficient (Wildman–Crippen LogP) is 3.47. The van der Waals surface area contributed by atoms with E-state index >= 15 is 0 Å². The number of halogens is 1. The molecule has 2 aromatic carbocycles. The van der Waals surface area contributed by atoms with Gasteiger partial charge in [0.25, 0.3) is 0 Å². The third-order valence-corrected chi connectivity index (χ3v) is 4.05. The zero-order chi connectivity index (χ0) is 13.4. The highest BCUT2D eigenvalue weighted by Gasteiger charge is 2.38. The van der Waals surface area contributed by atoms with Crippen molar-refractivity contribution in [1.29, 1.82) is 0 Å². The van der Waals surface area contributed by atoms with Gasteiger partial charge in [-0.3, -0.25) is 4.79 Å². The second-order valence-corrected chi connectivity index (χ2v) is 5.80. The molecule has 0 aromatic heterocycles. The largest absolute Gasteiger partial charge is 0.508 e. The first-order chi connectivity index (χ1) is 9.15. The number of amides is 1. The van der Waals surface area contributed by atoms with Crippen LogP contribution in [0.4, 0.5) is 5.69 Å². The summed E-state index contributed by atoms with van der Waals surface area (Å²) in [7, 11) is 0. The van der Waals surface area contributed by atoms with Gasteiger partial charge in [0.1, 0.15) is 5.75 Å². The summed E-state index contributed by atoms with van der Waals surface area (Å²) in [5.74, 6) is 0.384. The molecule has 1 amide bonds. The van der Waals surface area contributed by atoms with E-state index in [1.165, 1.54) is 0 Å². The van der Waals surface area contributed by atoms with E-state index < -0.39 is 0 Å². The maximum absolute atomic E-state index is 11.8. The summed E-state index contributed by atoms with van der Waals surface area (Å²) in [6, 6.07) is 15.0. The molecule has 1 aliphatic rings. The summed E-state index contributed by atoms with van der Waals surface area (Å²) in [6.07, 6.45) is 0.525. The fraction of sp³-hybridized carbons (Fsp3) is 0.133. The highest BCUT2D eigenvalue weighted by atomic mass is 127. The van der Waals surface area contributed by atoms with Crippen molar-refractivity contribution < 1.29 is 9.90 Å². The van der Waals surface area contributed by atoms with Gasteiger partial charge in [0.05, 0.1) is 12.5 Å². The molecule has 0 radical (unpaired) electrons. The summed E-state index contributed by atoms with van der Waals surface area (Å²) < 4.78 is 1.15. The lowest BCUT2D eigenvalue weighted by Gasteiger charge is -2.40. The van der Waals surface area contributed by atoms with Gasteiger partial charge in [0, 0.05) is 9.26 Å². The van der Waals surface area contributed by atoms with E-state index in [2.05, 4.69) is 22.6 Å². The number of nitrogens with zero attached hydrogens (tertiary/aromatic N) is 1. The highest BCUT2D eigenvalue weighted by Crippen LogP contribution is 2.39. The molecule has 0 bridgehead atoms. The molecule has 1 N–H and O–H groups in total. The van der Waals surface area contributed by atoms with E-state index in [9.17, 15) is 9.90 Å². The molecule has 0 unspecified atom stereocenters. The fourth-order valence-corrected chi connectivity index (χ4v) is 2.67. The van der Waals surface area contributed by atoms with Crippen molar-refractivity contribution in [1.82, 2.24) is 0 Å². The third-order valence-electron chi connectivity index (χ3n) is 3.33. The smallest absolute Gasteiger partial charge is 0.230 e. The molecule has 4 heteroatoms. The van der Waals surface area contributed by atoms with Gasteiger partial charge in [0.15, 0.2) is 0 Å². The molecule has 1 fully saturated rings. The SMILES string of the molecule is O=C1C[C@@H](c2ccc(O)cc2)N1c1ccc(I)cc1. The van der Waals surface area contributed by atoms with Gasteiger partial charge in [0.2, 0.25) is 5.91 Å². The van der Waals surface area contributed by atoms with Crippen molar-refractivity contribution in [3.8, 4) is 5.75 Å². The van der Waals surface area contributed by atoms with Crippen LogP contribution in [0, 0.1) is 3.57 Å². The maximum atomic E-state index is 11.8. The second kappa shape index (κ2) is 4.85. The normalized spacial score (nSPS) is 18.3. The molecule has 1 aliphatic heterocycles. The second-order valence-electron chi connectivity index (χ2n) is 4.55. The summed E-state index contributed by atoms with van der Waals surface area (Å²) in [4.78, 5) is 13.6. The van der Waals surface area contributed by atoms with Crippen molar-refractivity contribution >= 4 is 34.2 Å². The number of phenols is 1. The van der Waals surface area contributed by atoms with Crippen LogP contribution >= 0.6 is 22.6 Å². The first-order valence-corrected chi connectivity index (χ1v) is 7.09. The molecule has 1 saturated heterocycles. The Labute approximate surface area is 125 Å². The standard InChI is InChI=1S/C15H12INO2/c16-11-3-5-12(6-4-11)17-14(9-15(17)19)10-1-7-13(18)8-2-10/h1-8,14,18H,9H2/t14-/m0/s1. The number of anilines is 1. The van der Waals surface area contributed by atoms with Gasteiger partial charge in [-0.15, -0.1) is 0 Å². The third kappa shape index (κ3) is 2.32. The molecule has 3 rings (SSSR count). The number of benzene rings is 2. The van der Waals surface area contributed by atoms with Gasteiger partial charge in [-0.25, -0.2) is 0 Å². The number of carbonyl (C=O) groups excluding carboxylic acids is 1. The minimum absolute atomic E-state index is 0.0770. The van der Waals surface area contributed by atoms with E-state index in [-0.39, 0.29) is 17.7 Å². The molecular weight excluding hydrogens is 353 g/mol. The number of hydrogen-bond donors (Lipinski definition) is 1. The van der Waals surface area contributed by atoms with Crippen LogP contribution in [-0.4, -0.2) is 11.0 Å².